The van der Waals surface area contributed by atoms with E-state index in [4.69, 9.17) is 4.74 Å². The number of hydrogen-bond acceptors (Lipinski definition) is 5. The lowest BCUT2D eigenvalue weighted by molar-refractivity contribution is 0.160. The molecule has 0 saturated carbocycles. The van der Waals surface area contributed by atoms with Gasteiger partial charge in [-0.15, -0.1) is 0 Å². The third kappa shape index (κ3) is 3.40. The number of nitrogens with zero attached hydrogens (tertiary/aromatic N) is 3. The lowest BCUT2D eigenvalue weighted by Crippen LogP contribution is -2.25. The van der Waals surface area contributed by atoms with E-state index < -0.39 is 0 Å². The van der Waals surface area contributed by atoms with Gasteiger partial charge >= 0.3 is 0 Å². The zero-order chi connectivity index (χ0) is 15.4. The van der Waals surface area contributed by atoms with Crippen LogP contribution in [0.1, 0.15) is 18.2 Å². The van der Waals surface area contributed by atoms with E-state index in [-0.39, 0.29) is 11.5 Å². The molecule has 1 aliphatic heterocycles. The Hall–Kier alpha value is -2.05. The summed E-state index contributed by atoms with van der Waals surface area (Å²) < 4.78 is 5.12. The number of pyridine rings is 1. The zero-order valence-electron chi connectivity index (χ0n) is 12.7. The van der Waals surface area contributed by atoms with Crippen LogP contribution in [0.2, 0.25) is 0 Å². The molecule has 0 radical (unpaired) electrons. The molecule has 6 heteroatoms. The first-order valence-electron chi connectivity index (χ1n) is 7.49. The Labute approximate surface area is 129 Å². The fraction of sp³-hybridized carbons (Fsp3) is 0.438. The van der Waals surface area contributed by atoms with Gasteiger partial charge in [-0.25, -0.2) is 4.98 Å². The van der Waals surface area contributed by atoms with Crippen molar-refractivity contribution in [3.8, 4) is 11.3 Å². The minimum absolute atomic E-state index is 0.112. The van der Waals surface area contributed by atoms with Crippen LogP contribution in [0.4, 0.5) is 0 Å². The molecule has 1 saturated heterocycles. The van der Waals surface area contributed by atoms with Gasteiger partial charge in [0.05, 0.1) is 12.3 Å². The fourth-order valence-corrected chi connectivity index (χ4v) is 2.81. The van der Waals surface area contributed by atoms with Crippen molar-refractivity contribution in [3.05, 3.63) is 46.8 Å². The van der Waals surface area contributed by atoms with E-state index in [9.17, 15) is 4.79 Å². The van der Waals surface area contributed by atoms with Crippen LogP contribution in [0.3, 0.4) is 0 Å². The van der Waals surface area contributed by atoms with Crippen LogP contribution in [0.25, 0.3) is 11.3 Å². The molecule has 1 N–H and O–H groups in total. The number of aromatic amines is 1. The number of nitrogens with one attached hydrogen (secondary N) is 1. The molecular weight excluding hydrogens is 280 g/mol. The van der Waals surface area contributed by atoms with Crippen LogP contribution in [-0.4, -0.2) is 53.2 Å². The number of H-pyrrole nitrogens is 1. The molecule has 2 aromatic rings. The van der Waals surface area contributed by atoms with E-state index in [2.05, 4.69) is 19.9 Å². The summed E-state index contributed by atoms with van der Waals surface area (Å²) in [5.41, 5.74) is 1.44. The van der Waals surface area contributed by atoms with Crippen molar-refractivity contribution < 1.29 is 4.74 Å². The van der Waals surface area contributed by atoms with Gasteiger partial charge in [0.15, 0.2) is 0 Å². The molecule has 1 unspecified atom stereocenters. The lowest BCUT2D eigenvalue weighted by Gasteiger charge is -2.15. The highest BCUT2D eigenvalue weighted by atomic mass is 16.5. The van der Waals surface area contributed by atoms with Crippen LogP contribution in [0.5, 0.6) is 0 Å². The normalized spacial score (nSPS) is 18.7. The van der Waals surface area contributed by atoms with Gasteiger partial charge in [-0.2, -0.15) is 0 Å². The fourth-order valence-electron chi connectivity index (χ4n) is 2.81. The molecule has 1 atom stereocenters. The smallest absolute Gasteiger partial charge is 0.251 e. The SMILES string of the molecule is COCCN1CCC(c2nc(-c3cccnc3)cc(=O)[nH]2)C1. The van der Waals surface area contributed by atoms with Crippen molar-refractivity contribution >= 4 is 0 Å². The Balaban J connectivity index is 1.80. The second kappa shape index (κ2) is 6.81. The summed E-state index contributed by atoms with van der Waals surface area (Å²) >= 11 is 0. The third-order valence-corrected chi connectivity index (χ3v) is 3.99. The predicted molar refractivity (Wildman–Crippen MR) is 83.8 cm³/mol. The largest absolute Gasteiger partial charge is 0.383 e. The highest BCUT2D eigenvalue weighted by Crippen LogP contribution is 2.25. The van der Waals surface area contributed by atoms with Gasteiger partial charge in [-0.1, -0.05) is 0 Å². The highest BCUT2D eigenvalue weighted by Gasteiger charge is 2.25. The van der Waals surface area contributed by atoms with E-state index in [0.717, 1.165) is 44.0 Å². The summed E-state index contributed by atoms with van der Waals surface area (Å²) in [4.78, 5) is 25.9. The monoisotopic (exact) mass is 300 g/mol. The Morgan fingerprint density at radius 3 is 3.18 bits per heavy atom. The molecule has 3 heterocycles. The number of rotatable bonds is 5. The second-order valence-electron chi connectivity index (χ2n) is 5.54. The lowest BCUT2D eigenvalue weighted by atomic mass is 10.1. The summed E-state index contributed by atoms with van der Waals surface area (Å²) in [5, 5.41) is 0. The molecular formula is C16H20N4O2. The van der Waals surface area contributed by atoms with Crippen molar-refractivity contribution in [2.24, 2.45) is 0 Å². The number of aromatic nitrogens is 3. The van der Waals surface area contributed by atoms with Crippen molar-refractivity contribution in [1.29, 1.82) is 0 Å². The second-order valence-corrected chi connectivity index (χ2v) is 5.54. The first kappa shape index (κ1) is 14.9. The third-order valence-electron chi connectivity index (χ3n) is 3.99. The van der Waals surface area contributed by atoms with Crippen molar-refractivity contribution in [1.82, 2.24) is 19.9 Å². The maximum absolute atomic E-state index is 11.9. The summed E-state index contributed by atoms with van der Waals surface area (Å²) in [6.45, 7) is 3.56. The van der Waals surface area contributed by atoms with Crippen LogP contribution in [0.15, 0.2) is 35.4 Å². The molecule has 2 aromatic heterocycles. The van der Waals surface area contributed by atoms with Gasteiger partial charge in [0.2, 0.25) is 0 Å². The van der Waals surface area contributed by atoms with E-state index in [1.807, 2.05) is 12.1 Å². The summed E-state index contributed by atoms with van der Waals surface area (Å²) in [6, 6.07) is 5.29. The molecule has 0 amide bonds. The first-order valence-corrected chi connectivity index (χ1v) is 7.49. The number of methoxy groups -OCH3 is 1. The molecule has 0 bridgehead atoms. The van der Waals surface area contributed by atoms with Crippen molar-refractivity contribution in [3.63, 3.8) is 0 Å². The topological polar surface area (TPSA) is 71.1 Å². The summed E-state index contributed by atoms with van der Waals surface area (Å²) in [6.07, 6.45) is 4.44. The van der Waals surface area contributed by atoms with Crippen LogP contribution in [-0.2, 0) is 4.74 Å². The zero-order valence-corrected chi connectivity index (χ0v) is 12.7. The van der Waals surface area contributed by atoms with Crippen LogP contribution >= 0.6 is 0 Å². The maximum Gasteiger partial charge on any atom is 0.251 e. The molecule has 0 aromatic carbocycles. The molecule has 0 aliphatic carbocycles. The summed E-state index contributed by atoms with van der Waals surface area (Å²) in [7, 11) is 1.71. The molecule has 1 aliphatic rings. The Bertz CT molecular complexity index is 671. The quantitative estimate of drug-likeness (QED) is 0.900. The standard InChI is InChI=1S/C16H20N4O2/c1-22-8-7-20-6-4-13(11-20)16-18-14(9-15(21)19-16)12-3-2-5-17-10-12/h2-3,5,9-10,13H,4,6-8,11H2,1H3,(H,18,19,21). The maximum atomic E-state index is 11.9. The summed E-state index contributed by atoms with van der Waals surface area (Å²) in [5.74, 6) is 1.03. The number of hydrogen-bond donors (Lipinski definition) is 1. The minimum atomic E-state index is -0.112. The van der Waals surface area contributed by atoms with E-state index in [1.54, 1.807) is 19.5 Å². The van der Waals surface area contributed by atoms with Crippen LogP contribution < -0.4 is 5.56 Å². The van der Waals surface area contributed by atoms with E-state index >= 15 is 0 Å². The first-order chi connectivity index (χ1) is 10.8. The molecule has 116 valence electrons. The van der Waals surface area contributed by atoms with Crippen molar-refractivity contribution in [2.45, 2.75) is 12.3 Å². The molecule has 0 spiro atoms. The molecule has 3 rings (SSSR count). The van der Waals surface area contributed by atoms with Gasteiger partial charge in [-0.05, 0) is 25.1 Å². The Morgan fingerprint density at radius 1 is 1.50 bits per heavy atom. The Morgan fingerprint density at radius 2 is 2.41 bits per heavy atom. The van der Waals surface area contributed by atoms with Gasteiger partial charge in [0.25, 0.3) is 5.56 Å². The van der Waals surface area contributed by atoms with Gasteiger partial charge < -0.3 is 14.6 Å². The van der Waals surface area contributed by atoms with Gasteiger partial charge in [0, 0.05) is 50.1 Å². The molecule has 6 nitrogen and oxygen atoms in total. The van der Waals surface area contributed by atoms with E-state index in [1.165, 1.54) is 6.07 Å². The van der Waals surface area contributed by atoms with Crippen LogP contribution in [0, 0.1) is 0 Å². The molecule has 22 heavy (non-hydrogen) atoms. The number of likely N-dealkylation sites (tertiary alicyclic amines) is 1. The minimum Gasteiger partial charge on any atom is -0.383 e. The average molecular weight is 300 g/mol. The van der Waals surface area contributed by atoms with Crippen molar-refractivity contribution in [2.75, 3.05) is 33.4 Å². The highest BCUT2D eigenvalue weighted by molar-refractivity contribution is 5.56. The average Bonchev–Trinajstić information content (AvgIpc) is 3.02. The number of ether oxygens (including phenoxy) is 1. The van der Waals surface area contributed by atoms with Gasteiger partial charge in [-0.3, -0.25) is 9.78 Å². The molecule has 1 fully saturated rings. The predicted octanol–water partition coefficient (Wildman–Crippen LogP) is 1.27. The Kier molecular flexibility index (Phi) is 4.60. The van der Waals surface area contributed by atoms with Gasteiger partial charge in [0.1, 0.15) is 5.82 Å². The van der Waals surface area contributed by atoms with E-state index in [0.29, 0.717) is 5.69 Å².